The maximum atomic E-state index is 13.7. The number of halogens is 1. The number of benzene rings is 1. The van der Waals surface area contributed by atoms with E-state index in [-0.39, 0.29) is 29.0 Å². The molecule has 26 heavy (non-hydrogen) atoms. The van der Waals surface area contributed by atoms with Crippen molar-refractivity contribution in [3.8, 4) is 17.3 Å². The number of allylic oxidation sites excluding steroid dienone is 2. The first-order valence-corrected chi connectivity index (χ1v) is 8.86. The van der Waals surface area contributed by atoms with Gasteiger partial charge in [0.25, 0.3) is 0 Å². The van der Waals surface area contributed by atoms with Gasteiger partial charge >= 0.3 is 0 Å². The molecule has 0 aliphatic heterocycles. The van der Waals surface area contributed by atoms with E-state index in [1.165, 1.54) is 12.1 Å². The van der Waals surface area contributed by atoms with Gasteiger partial charge in [-0.25, -0.2) is 4.39 Å². The first-order valence-electron chi connectivity index (χ1n) is 8.86. The van der Waals surface area contributed by atoms with E-state index < -0.39 is 5.41 Å². The van der Waals surface area contributed by atoms with Gasteiger partial charge in [-0.05, 0) is 30.9 Å². The molecule has 0 fully saturated rings. The molecular formula is C21H20FN3O. The van der Waals surface area contributed by atoms with Gasteiger partial charge in [0.15, 0.2) is 5.78 Å². The van der Waals surface area contributed by atoms with Crippen molar-refractivity contribution < 1.29 is 9.18 Å². The second-order valence-electron chi connectivity index (χ2n) is 7.56. The molecule has 1 heterocycles. The van der Waals surface area contributed by atoms with E-state index in [9.17, 15) is 14.4 Å². The van der Waals surface area contributed by atoms with Crippen LogP contribution in [-0.4, -0.2) is 15.6 Å². The Bertz CT molecular complexity index is 997. The zero-order valence-electron chi connectivity index (χ0n) is 15.1. The number of carbonyl (C=O) groups excluding carboxylic acids is 1. The molecule has 2 aliphatic rings. The van der Waals surface area contributed by atoms with Crippen LogP contribution < -0.4 is 0 Å². The summed E-state index contributed by atoms with van der Waals surface area (Å²) in [5.74, 6) is -0.428. The molecule has 0 bridgehead atoms. The van der Waals surface area contributed by atoms with Gasteiger partial charge in [0, 0.05) is 29.5 Å². The highest BCUT2D eigenvalue weighted by atomic mass is 19.1. The van der Waals surface area contributed by atoms with Crippen molar-refractivity contribution in [2.24, 2.45) is 18.9 Å². The number of nitrogens with zero attached hydrogens (tertiary/aromatic N) is 3. The first-order chi connectivity index (χ1) is 12.4. The molecule has 0 saturated carbocycles. The fourth-order valence-electron chi connectivity index (χ4n) is 4.84. The average molecular weight is 349 g/mol. The molecule has 2 aromatic rings. The predicted molar refractivity (Wildman–Crippen MR) is 95.6 cm³/mol. The van der Waals surface area contributed by atoms with Gasteiger partial charge in [-0.3, -0.25) is 9.48 Å². The van der Waals surface area contributed by atoms with Crippen LogP contribution in [0.3, 0.4) is 0 Å². The van der Waals surface area contributed by atoms with Crippen LogP contribution in [0.4, 0.5) is 4.39 Å². The smallest absolute Gasteiger partial charge is 0.176 e. The van der Waals surface area contributed by atoms with Crippen LogP contribution in [0.5, 0.6) is 0 Å². The molecule has 132 valence electrons. The highest BCUT2D eigenvalue weighted by Gasteiger charge is 2.50. The Morgan fingerprint density at radius 2 is 2.19 bits per heavy atom. The Hall–Kier alpha value is -2.74. The van der Waals surface area contributed by atoms with Gasteiger partial charge in [0.05, 0.1) is 17.0 Å². The third kappa shape index (κ3) is 2.18. The molecule has 0 radical (unpaired) electrons. The van der Waals surface area contributed by atoms with Crippen LogP contribution in [0.25, 0.3) is 11.3 Å². The van der Waals surface area contributed by atoms with E-state index in [0.29, 0.717) is 0 Å². The second-order valence-corrected chi connectivity index (χ2v) is 7.56. The summed E-state index contributed by atoms with van der Waals surface area (Å²) < 4.78 is 15.5. The molecule has 5 heteroatoms. The highest BCUT2D eigenvalue weighted by molar-refractivity contribution is 6.02. The van der Waals surface area contributed by atoms with E-state index in [1.807, 2.05) is 20.0 Å². The summed E-state index contributed by atoms with van der Waals surface area (Å²) in [4.78, 5) is 12.4. The maximum Gasteiger partial charge on any atom is 0.176 e. The molecule has 3 atom stereocenters. The Morgan fingerprint density at radius 1 is 1.42 bits per heavy atom. The van der Waals surface area contributed by atoms with Crippen LogP contribution in [0, 0.1) is 29.0 Å². The van der Waals surface area contributed by atoms with Gasteiger partial charge in [-0.1, -0.05) is 32.1 Å². The van der Waals surface area contributed by atoms with Crippen molar-refractivity contribution in [2.75, 3.05) is 0 Å². The van der Waals surface area contributed by atoms with Gasteiger partial charge < -0.3 is 0 Å². The summed E-state index contributed by atoms with van der Waals surface area (Å²) in [6, 6.07) is 8.60. The van der Waals surface area contributed by atoms with Crippen LogP contribution in [0.2, 0.25) is 0 Å². The van der Waals surface area contributed by atoms with Gasteiger partial charge in [-0.2, -0.15) is 10.4 Å². The Morgan fingerprint density at radius 3 is 2.88 bits per heavy atom. The molecule has 2 aliphatic carbocycles. The van der Waals surface area contributed by atoms with Crippen LogP contribution >= 0.6 is 0 Å². The lowest BCUT2D eigenvalue weighted by Crippen LogP contribution is -2.45. The Balaban J connectivity index is 1.94. The van der Waals surface area contributed by atoms with Crippen LogP contribution in [-0.2, 0) is 23.7 Å². The molecule has 4 rings (SSSR count). The number of Topliss-reactive ketones (excluding diaryl/α,β-unsaturated/α-hetero) is 1. The molecular weight excluding hydrogens is 329 g/mol. The molecule has 0 N–H and O–H groups in total. The quantitative estimate of drug-likeness (QED) is 0.788. The third-order valence-corrected chi connectivity index (χ3v) is 6.08. The van der Waals surface area contributed by atoms with Crippen molar-refractivity contribution in [2.45, 2.75) is 32.1 Å². The Labute approximate surface area is 151 Å². The highest BCUT2D eigenvalue weighted by Crippen LogP contribution is 2.50. The fraction of sp³-hybridized carbons (Fsp3) is 0.381. The second kappa shape index (κ2) is 5.63. The number of hydrogen-bond acceptors (Lipinski definition) is 3. The number of aryl methyl sites for hydroxylation is 1. The normalized spacial score (nSPS) is 27.3. The minimum absolute atomic E-state index is 0.0697. The minimum Gasteiger partial charge on any atom is -0.293 e. The number of carbonyl (C=O) groups is 1. The lowest BCUT2D eigenvalue weighted by molar-refractivity contribution is -0.121. The predicted octanol–water partition coefficient (Wildman–Crippen LogP) is 3.72. The van der Waals surface area contributed by atoms with E-state index in [0.717, 1.165) is 35.4 Å². The van der Waals surface area contributed by atoms with Gasteiger partial charge in [-0.15, -0.1) is 0 Å². The van der Waals surface area contributed by atoms with E-state index in [1.54, 1.807) is 16.8 Å². The molecule has 1 aromatic heterocycles. The molecule has 3 unspecified atom stereocenters. The standard InChI is InChI=1S/C21H20FN3O/c1-12-17-8-7-16-18(13-5-4-6-15(22)9-13)25(3)24-20(16)21(17,2)10-14(11-23)19(12)26/h4-6,9-10,12,17H,7-8H2,1-3H3. The zero-order valence-corrected chi connectivity index (χ0v) is 15.1. The molecule has 0 saturated heterocycles. The number of fused-ring (bicyclic) bond motifs is 3. The summed E-state index contributed by atoms with van der Waals surface area (Å²) in [6.45, 7) is 3.98. The number of ketones is 1. The van der Waals surface area contributed by atoms with Crippen molar-refractivity contribution in [3.05, 3.63) is 53.0 Å². The lowest BCUT2D eigenvalue weighted by Gasteiger charge is -2.44. The summed E-state index contributed by atoms with van der Waals surface area (Å²) in [7, 11) is 1.86. The minimum atomic E-state index is -0.463. The largest absolute Gasteiger partial charge is 0.293 e. The number of hydrogen-bond donors (Lipinski definition) is 0. The molecule has 0 spiro atoms. The maximum absolute atomic E-state index is 13.7. The van der Waals surface area contributed by atoms with E-state index in [4.69, 9.17) is 5.10 Å². The van der Waals surface area contributed by atoms with Crippen molar-refractivity contribution in [1.29, 1.82) is 5.26 Å². The average Bonchev–Trinajstić information content (AvgIpc) is 2.95. The van der Waals surface area contributed by atoms with Gasteiger partial charge in [0.2, 0.25) is 0 Å². The molecule has 1 aromatic carbocycles. The summed E-state index contributed by atoms with van der Waals surface area (Å²) >= 11 is 0. The summed E-state index contributed by atoms with van der Waals surface area (Å²) in [5.41, 5.74) is 3.47. The number of aromatic nitrogens is 2. The van der Waals surface area contributed by atoms with Gasteiger partial charge in [0.1, 0.15) is 11.9 Å². The van der Waals surface area contributed by atoms with Crippen molar-refractivity contribution >= 4 is 5.78 Å². The molecule has 4 nitrogen and oxygen atoms in total. The van der Waals surface area contributed by atoms with Crippen molar-refractivity contribution in [3.63, 3.8) is 0 Å². The first kappa shape index (κ1) is 16.7. The van der Waals surface area contributed by atoms with E-state index >= 15 is 0 Å². The summed E-state index contributed by atoms with van der Waals surface area (Å²) in [6.07, 6.45) is 3.45. The fourth-order valence-corrected chi connectivity index (χ4v) is 4.84. The number of nitriles is 1. The monoisotopic (exact) mass is 349 g/mol. The van der Waals surface area contributed by atoms with Crippen molar-refractivity contribution in [1.82, 2.24) is 9.78 Å². The third-order valence-electron chi connectivity index (χ3n) is 6.08. The Kier molecular flexibility index (Phi) is 3.62. The van der Waals surface area contributed by atoms with Crippen LogP contribution in [0.15, 0.2) is 35.9 Å². The zero-order chi connectivity index (χ0) is 18.6. The topological polar surface area (TPSA) is 58.7 Å². The van der Waals surface area contributed by atoms with Crippen LogP contribution in [0.1, 0.15) is 31.5 Å². The lowest BCUT2D eigenvalue weighted by atomic mass is 9.58. The molecule has 0 amide bonds. The van der Waals surface area contributed by atoms with E-state index in [2.05, 4.69) is 13.0 Å². The number of rotatable bonds is 1. The SMILES string of the molecule is CC1C(=O)C(C#N)=CC2(C)c3nn(C)c(-c4cccc(F)c4)c3CCC12. The summed E-state index contributed by atoms with van der Waals surface area (Å²) in [5, 5.41) is 14.2.